The van der Waals surface area contributed by atoms with E-state index < -0.39 is 0 Å². The Morgan fingerprint density at radius 3 is 2.49 bits per heavy atom. The number of thioether (sulfide) groups is 1. The van der Waals surface area contributed by atoms with Crippen LogP contribution >= 0.6 is 11.8 Å². The number of nitrogens with zero attached hydrogens (tertiary/aromatic N) is 4. The molecule has 35 heavy (non-hydrogen) atoms. The van der Waals surface area contributed by atoms with Gasteiger partial charge in [0, 0.05) is 29.3 Å². The van der Waals surface area contributed by atoms with Gasteiger partial charge >= 0.3 is 0 Å². The molecule has 0 spiro atoms. The molecular weight excluding hydrogens is 458 g/mol. The maximum absolute atomic E-state index is 12.9. The normalized spacial score (nSPS) is 11.7. The molecule has 4 aromatic rings. The number of benzene rings is 2. The molecule has 2 aromatic carbocycles. The van der Waals surface area contributed by atoms with Crippen molar-refractivity contribution >= 4 is 23.4 Å². The van der Waals surface area contributed by atoms with E-state index in [-0.39, 0.29) is 11.7 Å². The van der Waals surface area contributed by atoms with Crippen LogP contribution in [-0.2, 0) is 4.79 Å². The predicted octanol–water partition coefficient (Wildman–Crippen LogP) is 5.97. The Kier molecular flexibility index (Phi) is 8.15. The zero-order valence-corrected chi connectivity index (χ0v) is 21.0. The van der Waals surface area contributed by atoms with Crippen molar-refractivity contribution in [2.24, 2.45) is 0 Å². The van der Waals surface area contributed by atoms with Crippen LogP contribution in [0.25, 0.3) is 17.1 Å². The van der Waals surface area contributed by atoms with Gasteiger partial charge in [0.15, 0.2) is 11.0 Å². The molecule has 0 radical (unpaired) electrons. The Balaban J connectivity index is 1.57. The van der Waals surface area contributed by atoms with Gasteiger partial charge in [-0.25, -0.2) is 0 Å². The van der Waals surface area contributed by atoms with Crippen molar-refractivity contribution in [1.29, 1.82) is 0 Å². The number of ether oxygens (including phenoxy) is 1. The fourth-order valence-corrected chi connectivity index (χ4v) is 4.47. The quantitative estimate of drug-likeness (QED) is 0.278. The van der Waals surface area contributed by atoms with E-state index in [1.54, 1.807) is 12.4 Å². The minimum Gasteiger partial charge on any atom is -0.494 e. The Labute approximate surface area is 210 Å². The molecule has 2 heterocycles. The van der Waals surface area contributed by atoms with Crippen molar-refractivity contribution in [2.45, 2.75) is 38.3 Å². The van der Waals surface area contributed by atoms with Gasteiger partial charge in [0.2, 0.25) is 5.91 Å². The van der Waals surface area contributed by atoms with Gasteiger partial charge in [-0.05, 0) is 67.3 Å². The second-order valence-corrected chi connectivity index (χ2v) is 8.98. The first-order chi connectivity index (χ1) is 17.1. The van der Waals surface area contributed by atoms with Gasteiger partial charge in [-0.3, -0.25) is 14.3 Å². The van der Waals surface area contributed by atoms with Crippen LogP contribution in [-0.4, -0.2) is 38.0 Å². The van der Waals surface area contributed by atoms with Crippen LogP contribution in [0.1, 0.15) is 38.7 Å². The Hall–Kier alpha value is -3.65. The summed E-state index contributed by atoms with van der Waals surface area (Å²) < 4.78 is 7.54. The molecule has 180 valence electrons. The standard InChI is InChI=1S/C27H29N5O2S/c1-4-19(3)23-8-6-7-9-24(23)29-25(33)18-35-27-31-30-26(20-14-16-28-17-15-20)32(27)21-10-12-22(13-11-21)34-5-2/h6-17,19H,4-5,18H2,1-3H3,(H,29,33). The molecule has 1 N–H and O–H groups in total. The summed E-state index contributed by atoms with van der Waals surface area (Å²) in [5.74, 6) is 1.97. The highest BCUT2D eigenvalue weighted by atomic mass is 32.2. The smallest absolute Gasteiger partial charge is 0.234 e. The average Bonchev–Trinajstić information content (AvgIpc) is 3.32. The summed E-state index contributed by atoms with van der Waals surface area (Å²) in [5, 5.41) is 12.5. The SMILES string of the molecule is CCOc1ccc(-n2c(SCC(=O)Nc3ccccc3C(C)CC)nnc2-c2ccncc2)cc1. The van der Waals surface area contributed by atoms with E-state index in [1.165, 1.54) is 11.8 Å². The lowest BCUT2D eigenvalue weighted by Gasteiger charge is -2.15. The average molecular weight is 488 g/mol. The Morgan fingerprint density at radius 2 is 1.77 bits per heavy atom. The molecule has 2 aromatic heterocycles. The van der Waals surface area contributed by atoms with Gasteiger partial charge in [-0.1, -0.05) is 43.8 Å². The molecule has 8 heteroatoms. The molecule has 0 saturated heterocycles. The number of carbonyl (C=O) groups is 1. The summed E-state index contributed by atoms with van der Waals surface area (Å²) >= 11 is 1.35. The highest BCUT2D eigenvalue weighted by Crippen LogP contribution is 2.30. The van der Waals surface area contributed by atoms with E-state index in [9.17, 15) is 4.79 Å². The minimum absolute atomic E-state index is 0.0857. The van der Waals surface area contributed by atoms with Crippen molar-refractivity contribution in [3.05, 3.63) is 78.6 Å². The number of hydrogen-bond acceptors (Lipinski definition) is 6. The number of amides is 1. The lowest BCUT2D eigenvalue weighted by molar-refractivity contribution is -0.113. The number of rotatable bonds is 10. The first kappa shape index (κ1) is 24.5. The van der Waals surface area contributed by atoms with E-state index in [4.69, 9.17) is 4.74 Å². The number of nitrogens with one attached hydrogen (secondary N) is 1. The predicted molar refractivity (Wildman–Crippen MR) is 140 cm³/mol. The maximum atomic E-state index is 12.9. The second kappa shape index (κ2) is 11.7. The van der Waals surface area contributed by atoms with Crippen molar-refractivity contribution in [3.8, 4) is 22.8 Å². The monoisotopic (exact) mass is 487 g/mol. The molecule has 1 atom stereocenters. The van der Waals surface area contributed by atoms with Crippen LogP contribution in [0.5, 0.6) is 5.75 Å². The number of hydrogen-bond donors (Lipinski definition) is 1. The van der Waals surface area contributed by atoms with Gasteiger partial charge in [0.05, 0.1) is 12.4 Å². The van der Waals surface area contributed by atoms with Crippen molar-refractivity contribution in [1.82, 2.24) is 19.7 Å². The molecule has 0 aliphatic heterocycles. The summed E-state index contributed by atoms with van der Waals surface area (Å²) in [7, 11) is 0. The van der Waals surface area contributed by atoms with Gasteiger partial charge in [0.25, 0.3) is 0 Å². The molecule has 0 fully saturated rings. The molecule has 4 rings (SSSR count). The maximum Gasteiger partial charge on any atom is 0.234 e. The van der Waals surface area contributed by atoms with Gasteiger partial charge in [-0.15, -0.1) is 10.2 Å². The highest BCUT2D eigenvalue weighted by Gasteiger charge is 2.18. The first-order valence-corrected chi connectivity index (χ1v) is 12.7. The largest absolute Gasteiger partial charge is 0.494 e. The molecule has 0 saturated carbocycles. The summed E-state index contributed by atoms with van der Waals surface area (Å²) in [6, 6.07) is 19.5. The van der Waals surface area contributed by atoms with E-state index in [1.807, 2.05) is 66.1 Å². The first-order valence-electron chi connectivity index (χ1n) is 11.7. The number of para-hydroxylation sites is 1. The zero-order chi connectivity index (χ0) is 24.6. The molecule has 0 bridgehead atoms. The van der Waals surface area contributed by atoms with Crippen LogP contribution < -0.4 is 10.1 Å². The lowest BCUT2D eigenvalue weighted by Crippen LogP contribution is -2.16. The Morgan fingerprint density at radius 1 is 1.03 bits per heavy atom. The van der Waals surface area contributed by atoms with Gasteiger partial charge in [-0.2, -0.15) is 0 Å². The molecule has 1 amide bonds. The minimum atomic E-state index is -0.0857. The summed E-state index contributed by atoms with van der Waals surface area (Å²) in [4.78, 5) is 17.0. The third-order valence-electron chi connectivity index (χ3n) is 5.69. The summed E-state index contributed by atoms with van der Waals surface area (Å²) in [6.07, 6.45) is 4.45. The van der Waals surface area contributed by atoms with Crippen molar-refractivity contribution < 1.29 is 9.53 Å². The molecular formula is C27H29N5O2S. The fourth-order valence-electron chi connectivity index (χ4n) is 3.72. The highest BCUT2D eigenvalue weighted by molar-refractivity contribution is 7.99. The van der Waals surface area contributed by atoms with Crippen LogP contribution in [0.2, 0.25) is 0 Å². The van der Waals surface area contributed by atoms with Crippen LogP contribution in [0, 0.1) is 0 Å². The molecule has 0 aliphatic rings. The summed E-state index contributed by atoms with van der Waals surface area (Å²) in [5.41, 5.74) is 3.78. The van der Waals surface area contributed by atoms with E-state index in [2.05, 4.69) is 40.4 Å². The Bertz CT molecular complexity index is 1260. The topological polar surface area (TPSA) is 81.9 Å². The van der Waals surface area contributed by atoms with Gasteiger partial charge in [0.1, 0.15) is 5.75 Å². The molecule has 1 unspecified atom stereocenters. The van der Waals surface area contributed by atoms with Crippen LogP contribution in [0.15, 0.2) is 78.2 Å². The van der Waals surface area contributed by atoms with Crippen LogP contribution in [0.3, 0.4) is 0 Å². The van der Waals surface area contributed by atoms with Crippen molar-refractivity contribution in [2.75, 3.05) is 17.7 Å². The zero-order valence-electron chi connectivity index (χ0n) is 20.1. The number of anilines is 1. The lowest BCUT2D eigenvalue weighted by atomic mass is 9.97. The number of carbonyl (C=O) groups excluding carboxylic acids is 1. The molecule has 7 nitrogen and oxygen atoms in total. The van der Waals surface area contributed by atoms with Crippen LogP contribution in [0.4, 0.5) is 5.69 Å². The van der Waals surface area contributed by atoms with E-state index in [0.717, 1.165) is 34.7 Å². The third kappa shape index (κ3) is 5.89. The third-order valence-corrected chi connectivity index (χ3v) is 6.62. The number of aromatic nitrogens is 4. The van der Waals surface area contributed by atoms with E-state index in [0.29, 0.717) is 23.5 Å². The van der Waals surface area contributed by atoms with Gasteiger partial charge < -0.3 is 10.1 Å². The van der Waals surface area contributed by atoms with E-state index >= 15 is 0 Å². The molecule has 0 aliphatic carbocycles. The second-order valence-electron chi connectivity index (χ2n) is 8.04. The number of pyridine rings is 1. The summed E-state index contributed by atoms with van der Waals surface area (Å²) in [6.45, 7) is 6.87. The van der Waals surface area contributed by atoms with Crippen molar-refractivity contribution in [3.63, 3.8) is 0 Å². The fraction of sp³-hybridized carbons (Fsp3) is 0.259.